The molecule has 3 aromatic rings. The number of aromatic nitrogens is 2. The Labute approximate surface area is 162 Å². The number of carbonyl (C=O) groups is 1. The van der Waals surface area contributed by atoms with Gasteiger partial charge in [-0.25, -0.2) is 4.98 Å². The van der Waals surface area contributed by atoms with Gasteiger partial charge in [0.2, 0.25) is 5.95 Å². The molecular weight excluding hydrogens is 371 g/mol. The Kier molecular flexibility index (Phi) is 5.12. The quantitative estimate of drug-likeness (QED) is 0.595. The molecule has 1 heterocycles. The van der Waals surface area contributed by atoms with Crippen LogP contribution in [0.25, 0.3) is 11.0 Å². The molecule has 1 aromatic heterocycles. The number of anilines is 1. The van der Waals surface area contributed by atoms with Crippen LogP contribution in [-0.2, 0) is 5.41 Å². The van der Waals surface area contributed by atoms with Crippen molar-refractivity contribution in [1.29, 1.82) is 0 Å². The second-order valence-corrected chi connectivity index (χ2v) is 7.55. The third-order valence-electron chi connectivity index (χ3n) is 4.38. The molecule has 0 saturated heterocycles. The zero-order valence-corrected chi connectivity index (χ0v) is 16.3. The lowest BCUT2D eigenvalue weighted by molar-refractivity contribution is 0.0964. The van der Waals surface area contributed by atoms with E-state index in [9.17, 15) is 4.79 Å². The summed E-state index contributed by atoms with van der Waals surface area (Å²) in [5.41, 5.74) is 2.86. The lowest BCUT2D eigenvalue weighted by atomic mass is 9.84. The van der Waals surface area contributed by atoms with Crippen molar-refractivity contribution >= 4 is 46.1 Å². The van der Waals surface area contributed by atoms with Gasteiger partial charge in [-0.05, 0) is 29.8 Å². The molecule has 1 amide bonds. The van der Waals surface area contributed by atoms with Gasteiger partial charge in [-0.1, -0.05) is 49.2 Å². The molecule has 136 valence electrons. The van der Waals surface area contributed by atoms with Crippen LogP contribution in [0.5, 0.6) is 0 Å². The van der Waals surface area contributed by atoms with E-state index in [1.165, 1.54) is 0 Å². The largest absolute Gasteiger partial charge is 0.355 e. The summed E-state index contributed by atoms with van der Waals surface area (Å²) in [4.78, 5) is 19.7. The van der Waals surface area contributed by atoms with Crippen molar-refractivity contribution in [3.8, 4) is 0 Å². The highest BCUT2D eigenvalue weighted by molar-refractivity contribution is 6.42. The van der Waals surface area contributed by atoms with E-state index in [0.717, 1.165) is 11.1 Å². The molecule has 0 spiro atoms. The van der Waals surface area contributed by atoms with Gasteiger partial charge in [-0.2, -0.15) is 0 Å². The summed E-state index contributed by atoms with van der Waals surface area (Å²) in [5, 5.41) is 7.03. The molecule has 5 nitrogen and oxygen atoms in total. The zero-order chi connectivity index (χ0) is 18.9. The van der Waals surface area contributed by atoms with Gasteiger partial charge in [0.15, 0.2) is 0 Å². The van der Waals surface area contributed by atoms with Gasteiger partial charge in [0.1, 0.15) is 5.52 Å². The van der Waals surface area contributed by atoms with E-state index in [1.54, 1.807) is 19.2 Å². The molecule has 0 unspecified atom stereocenters. The predicted octanol–water partition coefficient (Wildman–Crippen LogP) is 4.62. The minimum atomic E-state index is -0.198. The van der Waals surface area contributed by atoms with Crippen LogP contribution in [0.1, 0.15) is 29.8 Å². The fraction of sp³-hybridized carbons (Fsp3) is 0.263. The molecule has 0 aliphatic carbocycles. The van der Waals surface area contributed by atoms with E-state index in [2.05, 4.69) is 34.4 Å². The van der Waals surface area contributed by atoms with Crippen molar-refractivity contribution in [3.05, 3.63) is 57.6 Å². The number of nitrogens with zero attached hydrogens (tertiary/aromatic N) is 1. The Morgan fingerprint density at radius 2 is 1.96 bits per heavy atom. The molecule has 0 aliphatic rings. The van der Waals surface area contributed by atoms with E-state index in [4.69, 9.17) is 23.2 Å². The van der Waals surface area contributed by atoms with E-state index >= 15 is 0 Å². The number of carbonyl (C=O) groups excluding carboxylic acids is 1. The molecule has 0 bridgehead atoms. The number of rotatable bonds is 5. The van der Waals surface area contributed by atoms with Gasteiger partial charge in [0, 0.05) is 19.0 Å². The van der Waals surface area contributed by atoms with Gasteiger partial charge in [0.25, 0.3) is 5.91 Å². The van der Waals surface area contributed by atoms with Gasteiger partial charge >= 0.3 is 0 Å². The predicted molar refractivity (Wildman–Crippen MR) is 107 cm³/mol. The number of halogens is 2. The number of nitrogens with one attached hydrogen (secondary N) is 3. The highest BCUT2D eigenvalue weighted by Gasteiger charge is 2.22. The van der Waals surface area contributed by atoms with Crippen LogP contribution in [0.4, 0.5) is 5.95 Å². The van der Waals surface area contributed by atoms with Crippen molar-refractivity contribution in [1.82, 2.24) is 15.3 Å². The van der Waals surface area contributed by atoms with Crippen LogP contribution >= 0.6 is 23.2 Å². The first kappa shape index (κ1) is 18.5. The van der Waals surface area contributed by atoms with E-state index < -0.39 is 0 Å². The normalized spacial score (nSPS) is 11.6. The van der Waals surface area contributed by atoms with Crippen molar-refractivity contribution in [2.45, 2.75) is 19.3 Å². The summed E-state index contributed by atoms with van der Waals surface area (Å²) in [6.07, 6.45) is 0. The summed E-state index contributed by atoms with van der Waals surface area (Å²) in [6, 6.07) is 11.1. The SMILES string of the molecule is CNC(=O)c1cccc2[nH]c(NCC(C)(C)c3ccc(Cl)c(Cl)c3)nc12. The number of benzene rings is 2. The molecule has 0 aliphatic heterocycles. The van der Waals surface area contributed by atoms with Crippen LogP contribution in [0.3, 0.4) is 0 Å². The van der Waals surface area contributed by atoms with Crippen LogP contribution in [0.2, 0.25) is 10.0 Å². The molecule has 0 fully saturated rings. The fourth-order valence-electron chi connectivity index (χ4n) is 2.76. The van der Waals surface area contributed by atoms with Gasteiger partial charge in [0.05, 0.1) is 21.1 Å². The molecule has 2 aromatic carbocycles. The molecule has 7 heteroatoms. The monoisotopic (exact) mass is 390 g/mol. The summed E-state index contributed by atoms with van der Waals surface area (Å²) >= 11 is 12.1. The Bertz CT molecular complexity index is 965. The van der Waals surface area contributed by atoms with Crippen LogP contribution in [0.15, 0.2) is 36.4 Å². The van der Waals surface area contributed by atoms with Crippen LogP contribution in [0, 0.1) is 0 Å². The first-order valence-corrected chi connectivity index (χ1v) is 8.97. The van der Waals surface area contributed by atoms with Crippen molar-refractivity contribution < 1.29 is 4.79 Å². The third kappa shape index (κ3) is 3.64. The highest BCUT2D eigenvalue weighted by atomic mass is 35.5. The summed E-state index contributed by atoms with van der Waals surface area (Å²) in [6.45, 7) is 4.84. The average Bonchev–Trinajstić information content (AvgIpc) is 3.04. The van der Waals surface area contributed by atoms with E-state index in [0.29, 0.717) is 33.6 Å². The molecule has 0 radical (unpaired) electrons. The lowest BCUT2D eigenvalue weighted by Crippen LogP contribution is -2.28. The average molecular weight is 391 g/mol. The maximum absolute atomic E-state index is 12.0. The minimum Gasteiger partial charge on any atom is -0.355 e. The van der Waals surface area contributed by atoms with Gasteiger partial charge in [-0.3, -0.25) is 4.79 Å². The first-order valence-electron chi connectivity index (χ1n) is 8.22. The molecule has 3 rings (SSSR count). The standard InChI is InChI=1S/C19H20Cl2N4O/c1-19(2,11-7-8-13(20)14(21)9-11)10-23-18-24-15-6-4-5-12(16(15)25-18)17(26)22-3/h4-9H,10H2,1-3H3,(H,22,26)(H2,23,24,25). The number of H-pyrrole nitrogens is 1. The number of para-hydroxylation sites is 1. The van der Waals surface area contributed by atoms with Crippen molar-refractivity contribution in [3.63, 3.8) is 0 Å². The van der Waals surface area contributed by atoms with Crippen molar-refractivity contribution in [2.24, 2.45) is 0 Å². The van der Waals surface area contributed by atoms with Gasteiger partial charge in [-0.15, -0.1) is 0 Å². The first-order chi connectivity index (χ1) is 12.3. The molecule has 3 N–H and O–H groups in total. The lowest BCUT2D eigenvalue weighted by Gasteiger charge is -2.26. The number of amides is 1. The molecular formula is C19H20Cl2N4O. The number of hydrogen-bond donors (Lipinski definition) is 3. The molecule has 0 atom stereocenters. The number of aromatic amines is 1. The molecule has 26 heavy (non-hydrogen) atoms. The third-order valence-corrected chi connectivity index (χ3v) is 5.12. The van der Waals surface area contributed by atoms with Crippen LogP contribution < -0.4 is 10.6 Å². The van der Waals surface area contributed by atoms with E-state index in [1.807, 2.05) is 24.3 Å². The summed E-state index contributed by atoms with van der Waals surface area (Å²) in [7, 11) is 1.60. The van der Waals surface area contributed by atoms with Crippen molar-refractivity contribution in [2.75, 3.05) is 18.9 Å². The Hall–Kier alpha value is -2.24. The Morgan fingerprint density at radius 3 is 2.65 bits per heavy atom. The maximum atomic E-state index is 12.0. The summed E-state index contributed by atoms with van der Waals surface area (Å²) < 4.78 is 0. The molecule has 0 saturated carbocycles. The van der Waals surface area contributed by atoms with Crippen LogP contribution in [-0.4, -0.2) is 29.5 Å². The Morgan fingerprint density at radius 1 is 1.19 bits per heavy atom. The highest BCUT2D eigenvalue weighted by Crippen LogP contribution is 2.30. The number of fused-ring (bicyclic) bond motifs is 1. The topological polar surface area (TPSA) is 69.8 Å². The zero-order valence-electron chi connectivity index (χ0n) is 14.8. The smallest absolute Gasteiger partial charge is 0.253 e. The number of hydrogen-bond acceptors (Lipinski definition) is 3. The summed E-state index contributed by atoms with van der Waals surface area (Å²) in [5.74, 6) is 0.453. The van der Waals surface area contributed by atoms with E-state index in [-0.39, 0.29) is 11.3 Å². The Balaban J connectivity index is 1.82. The number of imidazole rings is 1. The second-order valence-electron chi connectivity index (χ2n) is 6.73. The minimum absolute atomic E-state index is 0.162. The maximum Gasteiger partial charge on any atom is 0.253 e. The fourth-order valence-corrected chi connectivity index (χ4v) is 3.06. The van der Waals surface area contributed by atoms with Gasteiger partial charge < -0.3 is 15.6 Å². The second kappa shape index (κ2) is 7.17.